The molecule has 0 spiro atoms. The Bertz CT molecular complexity index is 408. The molecule has 3 N–H and O–H groups in total. The van der Waals surface area contributed by atoms with Gasteiger partial charge in [0, 0.05) is 5.56 Å². The first kappa shape index (κ1) is 15.7. The zero-order valence-electron chi connectivity index (χ0n) is 8.64. The van der Waals surface area contributed by atoms with Gasteiger partial charge in [-0.15, -0.1) is 0 Å². The molecule has 0 heterocycles. The molecule has 0 saturated heterocycles. The van der Waals surface area contributed by atoms with E-state index in [1.54, 1.807) is 30.3 Å². The summed E-state index contributed by atoms with van der Waals surface area (Å²) >= 11 is 4.50. The third kappa shape index (κ3) is 5.15. The maximum absolute atomic E-state index is 10.7. The second-order valence-corrected chi connectivity index (χ2v) is 3.03. The van der Waals surface area contributed by atoms with E-state index in [0.717, 1.165) is 0 Å². The molecule has 0 amide bonds. The van der Waals surface area contributed by atoms with Crippen LogP contribution in [0.15, 0.2) is 35.4 Å². The number of carbonyl (C=O) groups excluding carboxylic acids is 1. The van der Waals surface area contributed by atoms with Gasteiger partial charge in [0.2, 0.25) is 0 Å². The minimum atomic E-state index is -1.40. The van der Waals surface area contributed by atoms with Gasteiger partial charge < -0.3 is 15.6 Å². The Morgan fingerprint density at radius 1 is 1.38 bits per heavy atom. The zero-order valence-corrected chi connectivity index (χ0v) is 12.6. The van der Waals surface area contributed by atoms with E-state index in [2.05, 4.69) is 22.7 Å². The molecule has 7 heteroatoms. The topological polar surface area (TPSA) is 90.5 Å². The molecule has 1 rings (SSSR count). The quantitative estimate of drug-likeness (QED) is 0.250. The fraction of sp³-hybridized carbons (Fsp3) is 0. The van der Waals surface area contributed by atoms with E-state index < -0.39 is 5.97 Å². The Hall–Kier alpha value is -0.314. The number of rotatable bonds is 3. The van der Waals surface area contributed by atoms with Crippen molar-refractivity contribution >= 4 is 29.0 Å². The normalized spacial score (nSPS) is 10.1. The largest absolute Gasteiger partial charge is 1.00 e. The molecule has 0 atom stereocenters. The molecule has 0 fully saturated rings. The number of nitrogens with zero attached hydrogens (tertiary/aromatic N) is 1. The molecule has 0 aromatic heterocycles. The Labute approximate surface area is 141 Å². The number of benzene rings is 1. The van der Waals surface area contributed by atoms with E-state index in [0.29, 0.717) is 5.56 Å². The van der Waals surface area contributed by atoms with Crippen molar-refractivity contribution in [3.8, 4) is 0 Å². The summed E-state index contributed by atoms with van der Waals surface area (Å²) in [5.74, 6) is -1.40. The fourth-order valence-corrected chi connectivity index (χ4v) is 0.981. The Morgan fingerprint density at radius 2 is 1.94 bits per heavy atom. The summed E-state index contributed by atoms with van der Waals surface area (Å²) in [5, 5.41) is 14.2. The predicted molar refractivity (Wildman–Crippen MR) is 57.9 cm³/mol. The maximum atomic E-state index is 10.7. The van der Waals surface area contributed by atoms with Crippen molar-refractivity contribution in [3.63, 3.8) is 0 Å². The minimum absolute atomic E-state index is 0. The van der Waals surface area contributed by atoms with Gasteiger partial charge in [0.1, 0.15) is 5.71 Å². The number of carbonyl (C=O) groups is 1. The Balaban J connectivity index is 0.00000225. The third-order valence-corrected chi connectivity index (χ3v) is 1.61. The van der Waals surface area contributed by atoms with Crippen LogP contribution in [-0.2, 0) is 4.79 Å². The summed E-state index contributed by atoms with van der Waals surface area (Å²) in [6.45, 7) is 0. The van der Waals surface area contributed by atoms with Gasteiger partial charge in [-0.05, 0) is 12.2 Å². The summed E-state index contributed by atoms with van der Waals surface area (Å²) in [5.41, 5.74) is 7.49. The molecule has 1 aromatic rings. The summed E-state index contributed by atoms with van der Waals surface area (Å²) in [6, 6.07) is 8.33. The first-order chi connectivity index (χ1) is 7.11. The van der Waals surface area contributed by atoms with Crippen LogP contribution in [0.3, 0.4) is 0 Å². The molecule has 0 unspecified atom stereocenters. The number of hydrogen-bond donors (Lipinski definition) is 2. The van der Waals surface area contributed by atoms with Crippen molar-refractivity contribution in [2.24, 2.45) is 10.8 Å². The zero-order chi connectivity index (χ0) is 11.3. The fourth-order valence-electron chi connectivity index (χ4n) is 0.935. The number of carboxylic acids is 1. The maximum Gasteiger partial charge on any atom is 1.00 e. The Morgan fingerprint density at radius 3 is 2.38 bits per heavy atom. The standard InChI is InChI=1S/C9H9N3O2S.K/c10-9(15)12-11-7(8(13)14)6-4-2-1-3-5-6;/h1-5H,(H,13,14)(H3,10,12,15);/q;+1/p-1. The number of hydrazone groups is 1. The molecule has 0 aliphatic carbocycles. The second-order valence-electron chi connectivity index (χ2n) is 2.59. The smallest absolute Gasteiger partial charge is 0.543 e. The van der Waals surface area contributed by atoms with Crippen LogP contribution in [0.1, 0.15) is 5.56 Å². The van der Waals surface area contributed by atoms with E-state index >= 15 is 0 Å². The summed E-state index contributed by atoms with van der Waals surface area (Å²) < 4.78 is 0. The molecular weight excluding hydrogens is 253 g/mol. The molecule has 0 saturated carbocycles. The Kier molecular flexibility index (Phi) is 7.72. The van der Waals surface area contributed by atoms with E-state index in [9.17, 15) is 9.90 Å². The van der Waals surface area contributed by atoms with Crippen molar-refractivity contribution in [1.29, 1.82) is 0 Å². The van der Waals surface area contributed by atoms with E-state index in [1.807, 2.05) is 0 Å². The first-order valence-corrected chi connectivity index (χ1v) is 4.42. The monoisotopic (exact) mass is 261 g/mol. The van der Waals surface area contributed by atoms with Crippen molar-refractivity contribution < 1.29 is 61.3 Å². The molecule has 78 valence electrons. The molecule has 16 heavy (non-hydrogen) atoms. The van der Waals surface area contributed by atoms with Crippen molar-refractivity contribution in [2.75, 3.05) is 0 Å². The first-order valence-electron chi connectivity index (χ1n) is 4.01. The van der Waals surface area contributed by atoms with Crippen LogP contribution in [-0.4, -0.2) is 16.8 Å². The van der Waals surface area contributed by atoms with E-state index in [1.165, 1.54) is 0 Å². The van der Waals surface area contributed by atoms with Gasteiger partial charge >= 0.3 is 51.4 Å². The average Bonchev–Trinajstić information content (AvgIpc) is 2.18. The van der Waals surface area contributed by atoms with Gasteiger partial charge in [-0.2, -0.15) is 5.10 Å². The average molecular weight is 261 g/mol. The van der Waals surface area contributed by atoms with Crippen LogP contribution in [0, 0.1) is 0 Å². The van der Waals surface area contributed by atoms with Gasteiger partial charge in [-0.25, -0.2) is 0 Å². The van der Waals surface area contributed by atoms with Gasteiger partial charge in [-0.1, -0.05) is 30.3 Å². The molecule has 0 radical (unpaired) electrons. The second kappa shape index (κ2) is 7.88. The van der Waals surface area contributed by atoms with Crippen LogP contribution in [0.2, 0.25) is 0 Å². The molecule has 0 bridgehead atoms. The van der Waals surface area contributed by atoms with Crippen molar-refractivity contribution in [3.05, 3.63) is 35.9 Å². The number of aliphatic carboxylic acids is 1. The summed E-state index contributed by atoms with van der Waals surface area (Å²) in [7, 11) is 0. The van der Waals surface area contributed by atoms with Crippen LogP contribution < -0.4 is 67.7 Å². The summed E-state index contributed by atoms with van der Waals surface area (Å²) in [6.07, 6.45) is 0. The third-order valence-electron chi connectivity index (χ3n) is 1.52. The van der Waals surface area contributed by atoms with Gasteiger partial charge in [-0.3, -0.25) is 5.43 Å². The number of nitrogens with two attached hydrogens (primary N) is 1. The van der Waals surface area contributed by atoms with Crippen LogP contribution in [0.25, 0.3) is 0 Å². The van der Waals surface area contributed by atoms with Crippen LogP contribution in [0.5, 0.6) is 0 Å². The number of thiocarbonyl (C=S) groups is 1. The van der Waals surface area contributed by atoms with Crippen LogP contribution in [0.4, 0.5) is 0 Å². The van der Waals surface area contributed by atoms with Crippen molar-refractivity contribution in [1.82, 2.24) is 5.43 Å². The van der Waals surface area contributed by atoms with Crippen LogP contribution >= 0.6 is 12.2 Å². The molecule has 0 aliphatic heterocycles. The molecule has 5 nitrogen and oxygen atoms in total. The number of hydrogen-bond acceptors (Lipinski definition) is 4. The van der Waals surface area contributed by atoms with Crippen molar-refractivity contribution in [2.45, 2.75) is 0 Å². The predicted octanol–water partition coefficient (Wildman–Crippen LogP) is -4.02. The molecule has 0 aliphatic rings. The molecular formula is C9H8KN3O2S. The van der Waals surface area contributed by atoms with E-state index in [-0.39, 0.29) is 62.2 Å². The van der Waals surface area contributed by atoms with Gasteiger partial charge in [0.15, 0.2) is 5.11 Å². The number of carboxylic acid groups (broad SMARTS) is 1. The molecule has 1 aromatic carbocycles. The SMILES string of the molecule is NC(=S)NN=C(C(=O)[O-])c1ccccc1.[K+]. The minimum Gasteiger partial charge on any atom is -0.543 e. The van der Waals surface area contributed by atoms with Gasteiger partial charge in [0.25, 0.3) is 0 Å². The van der Waals surface area contributed by atoms with Gasteiger partial charge in [0.05, 0.1) is 5.97 Å². The summed E-state index contributed by atoms with van der Waals surface area (Å²) in [4.78, 5) is 10.7. The van der Waals surface area contributed by atoms with E-state index in [4.69, 9.17) is 5.73 Å². The number of nitrogens with one attached hydrogen (secondary N) is 1.